The van der Waals surface area contributed by atoms with Crippen molar-refractivity contribution in [2.75, 3.05) is 0 Å². The Bertz CT molecular complexity index is 902. The van der Waals surface area contributed by atoms with Gasteiger partial charge >= 0.3 is 0 Å². The monoisotopic (exact) mass is 355 g/mol. The SMILES string of the molecule is C=C(CC(c1ccccc1)C(C#N)c1ccccc1)C1=C(C)CC(C)C1=O. The molecule has 0 radical (unpaired) electrons. The minimum Gasteiger partial charge on any atom is -0.294 e. The first-order valence-corrected chi connectivity index (χ1v) is 9.44. The molecule has 0 bridgehead atoms. The van der Waals surface area contributed by atoms with Crippen molar-refractivity contribution in [2.45, 2.75) is 38.5 Å². The van der Waals surface area contributed by atoms with Gasteiger partial charge in [0.25, 0.3) is 0 Å². The highest BCUT2D eigenvalue weighted by molar-refractivity contribution is 6.04. The van der Waals surface area contributed by atoms with E-state index >= 15 is 0 Å². The van der Waals surface area contributed by atoms with E-state index in [4.69, 9.17) is 0 Å². The zero-order valence-electron chi connectivity index (χ0n) is 16.0. The molecule has 1 aliphatic rings. The summed E-state index contributed by atoms with van der Waals surface area (Å²) in [5, 5.41) is 9.98. The van der Waals surface area contributed by atoms with Crippen LogP contribution in [-0.2, 0) is 4.79 Å². The molecule has 1 aliphatic carbocycles. The zero-order valence-corrected chi connectivity index (χ0v) is 16.0. The summed E-state index contributed by atoms with van der Waals surface area (Å²) < 4.78 is 0. The molecule has 3 rings (SSSR count). The Morgan fingerprint density at radius 3 is 2.15 bits per heavy atom. The van der Waals surface area contributed by atoms with E-state index in [1.807, 2.05) is 62.4 Å². The van der Waals surface area contributed by atoms with Crippen LogP contribution < -0.4 is 0 Å². The number of benzene rings is 2. The third-order valence-corrected chi connectivity index (χ3v) is 5.48. The van der Waals surface area contributed by atoms with E-state index in [1.165, 1.54) is 0 Å². The first kappa shape index (κ1) is 18.9. The van der Waals surface area contributed by atoms with Crippen molar-refractivity contribution in [3.8, 4) is 6.07 Å². The number of hydrogen-bond donors (Lipinski definition) is 0. The van der Waals surface area contributed by atoms with Gasteiger partial charge in [0.15, 0.2) is 5.78 Å². The molecule has 2 aromatic rings. The molecule has 136 valence electrons. The van der Waals surface area contributed by atoms with Crippen LogP contribution in [0.5, 0.6) is 0 Å². The molecule has 0 saturated carbocycles. The molecule has 3 atom stereocenters. The Balaban J connectivity index is 1.97. The summed E-state index contributed by atoms with van der Waals surface area (Å²) in [7, 11) is 0. The Morgan fingerprint density at radius 2 is 1.67 bits per heavy atom. The van der Waals surface area contributed by atoms with Gasteiger partial charge in [0.2, 0.25) is 0 Å². The van der Waals surface area contributed by atoms with Gasteiger partial charge in [0, 0.05) is 17.4 Å². The Labute approximate surface area is 161 Å². The van der Waals surface area contributed by atoms with Gasteiger partial charge in [0.1, 0.15) is 0 Å². The average Bonchev–Trinajstić information content (AvgIpc) is 2.95. The van der Waals surface area contributed by atoms with Gasteiger partial charge in [-0.1, -0.05) is 79.7 Å². The van der Waals surface area contributed by atoms with Crippen LogP contribution in [0.2, 0.25) is 0 Å². The number of allylic oxidation sites excluding steroid dienone is 3. The number of hydrogen-bond acceptors (Lipinski definition) is 2. The van der Waals surface area contributed by atoms with Crippen LogP contribution in [0.15, 0.2) is 84.0 Å². The van der Waals surface area contributed by atoms with E-state index < -0.39 is 0 Å². The summed E-state index contributed by atoms with van der Waals surface area (Å²) in [6.45, 7) is 8.26. The summed E-state index contributed by atoms with van der Waals surface area (Å²) in [6, 6.07) is 22.5. The van der Waals surface area contributed by atoms with E-state index in [0.29, 0.717) is 6.42 Å². The first-order valence-electron chi connectivity index (χ1n) is 9.44. The lowest BCUT2D eigenvalue weighted by molar-refractivity contribution is -0.117. The molecule has 0 amide bonds. The standard InChI is InChI=1S/C25H25NO/c1-17-14-19(3)25(27)24(17)18(2)15-22(20-10-6-4-7-11-20)23(16-26)21-12-8-5-9-13-21/h4-13,19,22-23H,2,14-15H2,1,3H3. The van der Waals surface area contributed by atoms with Gasteiger partial charge in [-0.2, -0.15) is 5.26 Å². The largest absolute Gasteiger partial charge is 0.294 e. The number of carbonyl (C=O) groups excluding carboxylic acids is 1. The quantitative estimate of drug-likeness (QED) is 0.642. The van der Waals surface area contributed by atoms with E-state index in [1.54, 1.807) is 0 Å². The Morgan fingerprint density at radius 1 is 1.11 bits per heavy atom. The van der Waals surface area contributed by atoms with Crippen LogP contribution in [0.4, 0.5) is 0 Å². The first-order chi connectivity index (χ1) is 13.0. The van der Waals surface area contributed by atoms with Crippen molar-refractivity contribution in [2.24, 2.45) is 5.92 Å². The van der Waals surface area contributed by atoms with E-state index in [-0.39, 0.29) is 23.5 Å². The molecule has 0 saturated heterocycles. The third-order valence-electron chi connectivity index (χ3n) is 5.48. The average molecular weight is 355 g/mol. The van der Waals surface area contributed by atoms with Crippen LogP contribution >= 0.6 is 0 Å². The zero-order chi connectivity index (χ0) is 19.4. The summed E-state index contributed by atoms with van der Waals surface area (Å²) in [6.07, 6.45) is 1.41. The van der Waals surface area contributed by atoms with Crippen LogP contribution in [0.3, 0.4) is 0 Å². The Kier molecular flexibility index (Phi) is 5.72. The van der Waals surface area contributed by atoms with Crippen molar-refractivity contribution in [1.29, 1.82) is 5.26 Å². The maximum absolute atomic E-state index is 12.6. The van der Waals surface area contributed by atoms with Crippen molar-refractivity contribution < 1.29 is 4.79 Å². The van der Waals surface area contributed by atoms with Gasteiger partial charge in [-0.15, -0.1) is 0 Å². The second kappa shape index (κ2) is 8.18. The highest BCUT2D eigenvalue weighted by Gasteiger charge is 2.32. The Hall–Kier alpha value is -2.92. The number of nitriles is 1. The fraction of sp³-hybridized carbons (Fsp3) is 0.280. The molecular formula is C25H25NO. The number of ketones is 1. The lowest BCUT2D eigenvalue weighted by Gasteiger charge is -2.24. The fourth-order valence-corrected chi connectivity index (χ4v) is 4.14. The summed E-state index contributed by atoms with van der Waals surface area (Å²) in [5.41, 5.74) is 4.88. The molecule has 0 N–H and O–H groups in total. The fourth-order valence-electron chi connectivity index (χ4n) is 4.14. The minimum absolute atomic E-state index is 0.0350. The number of nitrogens with zero attached hydrogens (tertiary/aromatic N) is 1. The second-order valence-corrected chi connectivity index (χ2v) is 7.47. The molecule has 0 aromatic heterocycles. The number of carbonyl (C=O) groups is 1. The van der Waals surface area contributed by atoms with Crippen LogP contribution in [-0.4, -0.2) is 5.78 Å². The van der Waals surface area contributed by atoms with Crippen LogP contribution in [0.25, 0.3) is 0 Å². The van der Waals surface area contributed by atoms with Gasteiger partial charge in [0.05, 0.1) is 12.0 Å². The molecule has 2 aromatic carbocycles. The summed E-state index contributed by atoms with van der Waals surface area (Å²) >= 11 is 0. The van der Waals surface area contributed by atoms with Gasteiger partial charge in [-0.25, -0.2) is 0 Å². The number of Topliss-reactive ketones (excluding diaryl/α,β-unsaturated/α-hetero) is 1. The summed E-state index contributed by atoms with van der Waals surface area (Å²) in [4.78, 5) is 12.6. The lowest BCUT2D eigenvalue weighted by Crippen LogP contribution is -2.14. The molecule has 3 unspecified atom stereocenters. The highest BCUT2D eigenvalue weighted by atomic mass is 16.1. The van der Waals surface area contributed by atoms with Gasteiger partial charge in [-0.05, 0) is 36.5 Å². The maximum Gasteiger partial charge on any atom is 0.166 e. The van der Waals surface area contributed by atoms with E-state index in [0.717, 1.165) is 34.3 Å². The second-order valence-electron chi connectivity index (χ2n) is 7.47. The molecular weight excluding hydrogens is 330 g/mol. The normalized spacial score (nSPS) is 18.9. The molecule has 0 heterocycles. The van der Waals surface area contributed by atoms with Crippen molar-refractivity contribution in [1.82, 2.24) is 0 Å². The van der Waals surface area contributed by atoms with Crippen molar-refractivity contribution >= 4 is 5.78 Å². The van der Waals surface area contributed by atoms with E-state index in [9.17, 15) is 10.1 Å². The predicted molar refractivity (Wildman–Crippen MR) is 109 cm³/mol. The van der Waals surface area contributed by atoms with E-state index in [2.05, 4.69) is 24.8 Å². The summed E-state index contributed by atoms with van der Waals surface area (Å²) in [5.74, 6) is -0.111. The smallest absolute Gasteiger partial charge is 0.166 e. The molecule has 0 aliphatic heterocycles. The highest BCUT2D eigenvalue weighted by Crippen LogP contribution is 2.41. The van der Waals surface area contributed by atoms with Crippen LogP contribution in [0, 0.1) is 17.2 Å². The lowest BCUT2D eigenvalue weighted by atomic mass is 9.77. The topological polar surface area (TPSA) is 40.9 Å². The predicted octanol–water partition coefficient (Wildman–Crippen LogP) is 5.95. The maximum atomic E-state index is 12.6. The van der Waals surface area contributed by atoms with Crippen LogP contribution in [0.1, 0.15) is 49.7 Å². The molecule has 27 heavy (non-hydrogen) atoms. The number of rotatable bonds is 6. The molecule has 2 nitrogen and oxygen atoms in total. The van der Waals surface area contributed by atoms with Crippen molar-refractivity contribution in [3.63, 3.8) is 0 Å². The molecule has 0 fully saturated rings. The van der Waals surface area contributed by atoms with Gasteiger partial charge < -0.3 is 0 Å². The minimum atomic E-state index is -0.291. The van der Waals surface area contributed by atoms with Crippen molar-refractivity contribution in [3.05, 3.63) is 95.1 Å². The molecule has 2 heteroatoms. The third kappa shape index (κ3) is 3.93. The van der Waals surface area contributed by atoms with Gasteiger partial charge in [-0.3, -0.25) is 4.79 Å². The molecule has 0 spiro atoms.